The molecule has 3 nitrogen and oxygen atoms in total. The average molecular weight is 215 g/mol. The lowest BCUT2D eigenvalue weighted by Gasteiger charge is -2.24. The highest BCUT2D eigenvalue weighted by Crippen LogP contribution is 2.22. The van der Waals surface area contributed by atoms with Crippen LogP contribution in [0.5, 0.6) is 0 Å². The molecule has 82 valence electrons. The molecular formula is C13H13NO2. The zero-order valence-corrected chi connectivity index (χ0v) is 8.93. The van der Waals surface area contributed by atoms with Crippen molar-refractivity contribution in [1.29, 1.82) is 0 Å². The van der Waals surface area contributed by atoms with Gasteiger partial charge in [0, 0.05) is 17.9 Å². The molecule has 1 fully saturated rings. The van der Waals surface area contributed by atoms with Gasteiger partial charge in [-0.3, -0.25) is 0 Å². The van der Waals surface area contributed by atoms with Crippen molar-refractivity contribution in [2.75, 3.05) is 13.2 Å². The van der Waals surface area contributed by atoms with E-state index >= 15 is 0 Å². The number of aromatic nitrogens is 1. The topological polar surface area (TPSA) is 35.3 Å². The zero-order chi connectivity index (χ0) is 10.8. The zero-order valence-electron chi connectivity index (χ0n) is 8.93. The SMILES string of the molecule is c1ccc(-c2cnc(CC3COC3)o2)cc1. The van der Waals surface area contributed by atoms with Crippen LogP contribution >= 0.6 is 0 Å². The summed E-state index contributed by atoms with van der Waals surface area (Å²) >= 11 is 0. The first kappa shape index (κ1) is 9.60. The van der Waals surface area contributed by atoms with Crippen LogP contribution in [0.25, 0.3) is 11.3 Å². The molecule has 2 heterocycles. The molecule has 0 N–H and O–H groups in total. The Morgan fingerprint density at radius 3 is 2.69 bits per heavy atom. The van der Waals surface area contributed by atoms with Crippen LogP contribution in [-0.4, -0.2) is 18.2 Å². The molecule has 16 heavy (non-hydrogen) atoms. The normalized spacial score (nSPS) is 16.0. The second-order valence-corrected chi connectivity index (χ2v) is 4.09. The summed E-state index contributed by atoms with van der Waals surface area (Å²) in [7, 11) is 0. The van der Waals surface area contributed by atoms with Crippen molar-refractivity contribution in [1.82, 2.24) is 4.98 Å². The van der Waals surface area contributed by atoms with Gasteiger partial charge in [0.15, 0.2) is 11.7 Å². The van der Waals surface area contributed by atoms with E-state index in [1.165, 1.54) is 0 Å². The highest BCUT2D eigenvalue weighted by atomic mass is 16.5. The summed E-state index contributed by atoms with van der Waals surface area (Å²) in [4.78, 5) is 4.29. The van der Waals surface area contributed by atoms with E-state index in [1.807, 2.05) is 30.3 Å². The fourth-order valence-corrected chi connectivity index (χ4v) is 1.79. The van der Waals surface area contributed by atoms with Crippen LogP contribution in [0.15, 0.2) is 40.9 Å². The van der Waals surface area contributed by atoms with Crippen LogP contribution in [0.4, 0.5) is 0 Å². The van der Waals surface area contributed by atoms with E-state index in [-0.39, 0.29) is 0 Å². The highest BCUT2D eigenvalue weighted by Gasteiger charge is 2.21. The maximum atomic E-state index is 5.71. The van der Waals surface area contributed by atoms with E-state index in [2.05, 4.69) is 4.98 Å². The molecule has 3 heteroatoms. The van der Waals surface area contributed by atoms with Gasteiger partial charge in [-0.05, 0) is 0 Å². The number of rotatable bonds is 3. The summed E-state index contributed by atoms with van der Waals surface area (Å²) in [6, 6.07) is 10.0. The lowest BCUT2D eigenvalue weighted by Crippen LogP contribution is -2.29. The van der Waals surface area contributed by atoms with Gasteiger partial charge >= 0.3 is 0 Å². The predicted octanol–water partition coefficient (Wildman–Crippen LogP) is 2.53. The number of nitrogens with zero attached hydrogens (tertiary/aromatic N) is 1. The fraction of sp³-hybridized carbons (Fsp3) is 0.308. The Bertz CT molecular complexity index is 460. The summed E-state index contributed by atoms with van der Waals surface area (Å²) in [5.41, 5.74) is 1.08. The van der Waals surface area contributed by atoms with Crippen molar-refractivity contribution in [2.45, 2.75) is 6.42 Å². The molecule has 0 atom stereocenters. The Balaban J connectivity index is 1.77. The van der Waals surface area contributed by atoms with Gasteiger partial charge in [-0.25, -0.2) is 4.98 Å². The van der Waals surface area contributed by atoms with E-state index in [0.717, 1.165) is 36.8 Å². The van der Waals surface area contributed by atoms with Crippen LogP contribution in [0.1, 0.15) is 5.89 Å². The first-order valence-corrected chi connectivity index (χ1v) is 5.50. The average Bonchev–Trinajstić information content (AvgIpc) is 2.73. The number of oxazole rings is 1. The first-order chi connectivity index (χ1) is 7.92. The van der Waals surface area contributed by atoms with E-state index < -0.39 is 0 Å². The number of benzene rings is 1. The number of ether oxygens (including phenoxy) is 1. The molecule has 1 saturated heterocycles. The molecule has 0 saturated carbocycles. The quantitative estimate of drug-likeness (QED) is 0.789. The molecule has 1 aromatic heterocycles. The van der Waals surface area contributed by atoms with Crippen molar-refractivity contribution in [3.8, 4) is 11.3 Å². The minimum atomic E-state index is 0.585. The van der Waals surface area contributed by atoms with Gasteiger partial charge in [-0.2, -0.15) is 0 Å². The van der Waals surface area contributed by atoms with Crippen molar-refractivity contribution >= 4 is 0 Å². The minimum absolute atomic E-state index is 0.585. The van der Waals surface area contributed by atoms with E-state index in [9.17, 15) is 0 Å². The summed E-state index contributed by atoms with van der Waals surface area (Å²) in [5.74, 6) is 2.24. The Labute approximate surface area is 94.1 Å². The third-order valence-corrected chi connectivity index (χ3v) is 2.78. The number of hydrogen-bond donors (Lipinski definition) is 0. The van der Waals surface area contributed by atoms with Gasteiger partial charge in [0.25, 0.3) is 0 Å². The Morgan fingerprint density at radius 2 is 2.00 bits per heavy atom. The lowest BCUT2D eigenvalue weighted by molar-refractivity contribution is -0.0337. The number of hydrogen-bond acceptors (Lipinski definition) is 3. The van der Waals surface area contributed by atoms with Crippen molar-refractivity contribution < 1.29 is 9.15 Å². The summed E-state index contributed by atoms with van der Waals surface area (Å²) < 4.78 is 10.8. The van der Waals surface area contributed by atoms with Crippen LogP contribution < -0.4 is 0 Å². The summed E-state index contributed by atoms with van der Waals surface area (Å²) in [6.45, 7) is 1.67. The van der Waals surface area contributed by atoms with Gasteiger partial charge in [0.2, 0.25) is 0 Å². The molecule has 1 aliphatic heterocycles. The molecule has 0 spiro atoms. The second-order valence-electron chi connectivity index (χ2n) is 4.09. The first-order valence-electron chi connectivity index (χ1n) is 5.50. The maximum Gasteiger partial charge on any atom is 0.195 e. The van der Waals surface area contributed by atoms with Gasteiger partial charge < -0.3 is 9.15 Å². The largest absolute Gasteiger partial charge is 0.441 e. The van der Waals surface area contributed by atoms with Crippen molar-refractivity contribution in [2.24, 2.45) is 5.92 Å². The molecule has 0 bridgehead atoms. The van der Waals surface area contributed by atoms with Crippen molar-refractivity contribution in [3.05, 3.63) is 42.4 Å². The standard InChI is InChI=1S/C13H13NO2/c1-2-4-11(5-3-1)12-7-14-13(16-12)6-10-8-15-9-10/h1-5,7,10H,6,8-9H2. The van der Waals surface area contributed by atoms with E-state index in [1.54, 1.807) is 6.20 Å². The monoisotopic (exact) mass is 215 g/mol. The van der Waals surface area contributed by atoms with Crippen molar-refractivity contribution in [3.63, 3.8) is 0 Å². The molecule has 0 unspecified atom stereocenters. The highest BCUT2D eigenvalue weighted by molar-refractivity contribution is 5.55. The van der Waals surface area contributed by atoms with Gasteiger partial charge in [-0.15, -0.1) is 0 Å². The van der Waals surface area contributed by atoms with E-state index in [4.69, 9.17) is 9.15 Å². The third-order valence-electron chi connectivity index (χ3n) is 2.78. The smallest absolute Gasteiger partial charge is 0.195 e. The summed E-state index contributed by atoms with van der Waals surface area (Å²) in [6.07, 6.45) is 2.68. The molecule has 2 aromatic rings. The van der Waals surface area contributed by atoms with Crippen LogP contribution in [0.2, 0.25) is 0 Å². The van der Waals surface area contributed by atoms with E-state index in [0.29, 0.717) is 5.92 Å². The molecule has 0 amide bonds. The molecule has 1 aromatic carbocycles. The Kier molecular flexibility index (Phi) is 2.46. The third kappa shape index (κ3) is 1.86. The molecule has 3 rings (SSSR count). The molecule has 1 aliphatic rings. The Morgan fingerprint density at radius 1 is 1.19 bits per heavy atom. The predicted molar refractivity (Wildman–Crippen MR) is 60.0 cm³/mol. The van der Waals surface area contributed by atoms with Gasteiger partial charge in [0.1, 0.15) is 0 Å². The van der Waals surface area contributed by atoms with Gasteiger partial charge in [-0.1, -0.05) is 30.3 Å². The lowest BCUT2D eigenvalue weighted by atomic mass is 10.0. The van der Waals surface area contributed by atoms with Crippen LogP contribution in [0.3, 0.4) is 0 Å². The van der Waals surface area contributed by atoms with Crippen LogP contribution in [-0.2, 0) is 11.2 Å². The van der Waals surface area contributed by atoms with Gasteiger partial charge in [0.05, 0.1) is 19.4 Å². The second kappa shape index (κ2) is 4.10. The Hall–Kier alpha value is -1.61. The maximum absolute atomic E-state index is 5.71. The van der Waals surface area contributed by atoms with Crippen LogP contribution in [0, 0.1) is 5.92 Å². The molecule has 0 aliphatic carbocycles. The molecular weight excluding hydrogens is 202 g/mol. The molecule has 0 radical (unpaired) electrons. The minimum Gasteiger partial charge on any atom is -0.441 e. The summed E-state index contributed by atoms with van der Waals surface area (Å²) in [5, 5.41) is 0. The fourth-order valence-electron chi connectivity index (χ4n) is 1.79.